The van der Waals surface area contributed by atoms with Crippen molar-refractivity contribution in [2.75, 3.05) is 39.9 Å². The lowest BCUT2D eigenvalue weighted by atomic mass is 9.90. The van der Waals surface area contributed by atoms with E-state index in [2.05, 4.69) is 30.7 Å². The van der Waals surface area contributed by atoms with Crippen LogP contribution in [0.2, 0.25) is 0 Å². The summed E-state index contributed by atoms with van der Waals surface area (Å²) in [5.74, 6) is 0. The van der Waals surface area contributed by atoms with Crippen LogP contribution in [-0.4, -0.2) is 61.3 Å². The summed E-state index contributed by atoms with van der Waals surface area (Å²) in [7, 11) is 2.21. The molecule has 1 spiro atoms. The van der Waals surface area contributed by atoms with Crippen molar-refractivity contribution >= 4 is 0 Å². The van der Waals surface area contributed by atoms with Crippen molar-refractivity contribution in [2.24, 2.45) is 0 Å². The van der Waals surface area contributed by atoms with E-state index in [0.717, 1.165) is 13.2 Å². The van der Waals surface area contributed by atoms with Gasteiger partial charge >= 0.3 is 0 Å². The summed E-state index contributed by atoms with van der Waals surface area (Å²) < 4.78 is 5.38. The van der Waals surface area contributed by atoms with Crippen LogP contribution < -0.4 is 0 Å². The highest BCUT2D eigenvalue weighted by molar-refractivity contribution is 5.02. The van der Waals surface area contributed by atoms with Gasteiger partial charge in [-0.2, -0.15) is 0 Å². The normalized spacial score (nSPS) is 29.5. The van der Waals surface area contributed by atoms with Crippen LogP contribution in [0.15, 0.2) is 0 Å². The lowest BCUT2D eigenvalue weighted by Crippen LogP contribution is -2.72. The van der Waals surface area contributed by atoms with Crippen molar-refractivity contribution in [1.29, 1.82) is 0 Å². The van der Waals surface area contributed by atoms with E-state index in [1.54, 1.807) is 0 Å². The third-order valence-electron chi connectivity index (χ3n) is 3.26. The van der Waals surface area contributed by atoms with Crippen LogP contribution >= 0.6 is 0 Å². The summed E-state index contributed by atoms with van der Waals surface area (Å²) in [5, 5.41) is 0. The fourth-order valence-corrected chi connectivity index (χ4v) is 2.59. The molecule has 76 valence electrons. The molecule has 0 bridgehead atoms. The van der Waals surface area contributed by atoms with E-state index in [1.165, 1.54) is 19.6 Å². The van der Waals surface area contributed by atoms with Gasteiger partial charge in [-0.1, -0.05) is 0 Å². The lowest BCUT2D eigenvalue weighted by molar-refractivity contribution is -0.175. The van der Waals surface area contributed by atoms with Gasteiger partial charge in [-0.15, -0.1) is 0 Å². The van der Waals surface area contributed by atoms with Gasteiger partial charge in [-0.3, -0.25) is 4.90 Å². The van der Waals surface area contributed by atoms with Gasteiger partial charge < -0.3 is 9.64 Å². The molecule has 0 aliphatic carbocycles. The van der Waals surface area contributed by atoms with E-state index in [-0.39, 0.29) is 0 Å². The maximum absolute atomic E-state index is 5.38. The minimum absolute atomic E-state index is 0.348. The molecule has 0 N–H and O–H groups in total. The van der Waals surface area contributed by atoms with Crippen molar-refractivity contribution in [3.63, 3.8) is 0 Å². The third kappa shape index (κ3) is 1.49. The summed E-state index contributed by atoms with van der Waals surface area (Å²) in [6.45, 7) is 9.98. The lowest BCUT2D eigenvalue weighted by Gasteiger charge is -2.56. The molecule has 2 heterocycles. The molecule has 2 fully saturated rings. The van der Waals surface area contributed by atoms with E-state index in [0.29, 0.717) is 11.6 Å². The minimum atomic E-state index is 0.348. The van der Waals surface area contributed by atoms with Crippen LogP contribution in [0.4, 0.5) is 0 Å². The molecule has 0 aromatic heterocycles. The SMILES string of the molecule is CC(C)N1CCN(C)CC12COC2. The number of nitrogens with zero attached hydrogens (tertiary/aromatic N) is 2. The van der Waals surface area contributed by atoms with Crippen molar-refractivity contribution < 1.29 is 4.74 Å². The number of hydrogen-bond donors (Lipinski definition) is 0. The van der Waals surface area contributed by atoms with Gasteiger partial charge in [0.1, 0.15) is 0 Å². The molecule has 0 aromatic carbocycles. The predicted octanol–water partition coefficient (Wildman–Crippen LogP) is 0.411. The van der Waals surface area contributed by atoms with E-state index in [1.807, 2.05) is 0 Å². The minimum Gasteiger partial charge on any atom is -0.377 e. The third-order valence-corrected chi connectivity index (χ3v) is 3.26. The highest BCUT2D eigenvalue weighted by Crippen LogP contribution is 2.30. The van der Waals surface area contributed by atoms with Gasteiger partial charge in [-0.25, -0.2) is 0 Å². The molecule has 0 atom stereocenters. The van der Waals surface area contributed by atoms with Crippen LogP contribution in [0.1, 0.15) is 13.8 Å². The maximum Gasteiger partial charge on any atom is 0.0809 e. The number of likely N-dealkylation sites (N-methyl/N-ethyl adjacent to an activating group) is 1. The average molecular weight is 184 g/mol. The maximum atomic E-state index is 5.38. The van der Waals surface area contributed by atoms with E-state index in [4.69, 9.17) is 4.74 Å². The fourth-order valence-electron chi connectivity index (χ4n) is 2.59. The molecule has 0 saturated carbocycles. The van der Waals surface area contributed by atoms with E-state index in [9.17, 15) is 0 Å². The molecule has 3 nitrogen and oxygen atoms in total. The molecule has 2 aliphatic rings. The van der Waals surface area contributed by atoms with E-state index < -0.39 is 0 Å². The van der Waals surface area contributed by atoms with Crippen molar-refractivity contribution in [3.05, 3.63) is 0 Å². The molecule has 13 heavy (non-hydrogen) atoms. The highest BCUT2D eigenvalue weighted by Gasteiger charge is 2.47. The van der Waals surface area contributed by atoms with Gasteiger partial charge in [0.2, 0.25) is 0 Å². The Morgan fingerprint density at radius 2 is 1.92 bits per heavy atom. The summed E-state index contributed by atoms with van der Waals surface area (Å²) in [6.07, 6.45) is 0. The second-order valence-corrected chi connectivity index (χ2v) is 4.74. The highest BCUT2D eigenvalue weighted by atomic mass is 16.5. The number of piperazine rings is 1. The van der Waals surface area contributed by atoms with Gasteiger partial charge in [0.05, 0.1) is 18.8 Å². The van der Waals surface area contributed by atoms with Gasteiger partial charge in [-0.05, 0) is 20.9 Å². The number of hydrogen-bond acceptors (Lipinski definition) is 3. The average Bonchev–Trinajstić information content (AvgIpc) is 2.00. The smallest absolute Gasteiger partial charge is 0.0809 e. The second-order valence-electron chi connectivity index (χ2n) is 4.74. The Labute approximate surface area is 80.6 Å². The molecule has 2 rings (SSSR count). The first-order chi connectivity index (χ1) is 6.14. The Balaban J connectivity index is 2.08. The summed E-state index contributed by atoms with van der Waals surface area (Å²) in [6, 6.07) is 0.651. The molecular formula is C10H20N2O. The molecule has 0 unspecified atom stereocenters. The number of ether oxygens (including phenoxy) is 1. The van der Waals surface area contributed by atoms with Crippen LogP contribution in [0.25, 0.3) is 0 Å². The molecule has 2 saturated heterocycles. The molecule has 0 amide bonds. The fraction of sp³-hybridized carbons (Fsp3) is 1.00. The zero-order valence-corrected chi connectivity index (χ0v) is 8.92. The largest absolute Gasteiger partial charge is 0.377 e. The molecule has 0 aromatic rings. The van der Waals surface area contributed by atoms with Gasteiger partial charge in [0.25, 0.3) is 0 Å². The quantitative estimate of drug-likeness (QED) is 0.587. The topological polar surface area (TPSA) is 15.7 Å². The van der Waals surface area contributed by atoms with Crippen molar-refractivity contribution in [3.8, 4) is 0 Å². The Bertz CT molecular complexity index is 189. The standard InChI is InChI=1S/C10H20N2O/c1-9(2)12-5-4-11(3)6-10(12)7-13-8-10/h9H,4-8H2,1-3H3. The van der Waals surface area contributed by atoms with E-state index >= 15 is 0 Å². The Morgan fingerprint density at radius 1 is 1.23 bits per heavy atom. The predicted molar refractivity (Wildman–Crippen MR) is 52.9 cm³/mol. The molecular weight excluding hydrogens is 164 g/mol. The summed E-state index contributed by atoms with van der Waals surface area (Å²) in [4.78, 5) is 5.03. The Hall–Kier alpha value is -0.120. The first-order valence-electron chi connectivity index (χ1n) is 5.17. The Kier molecular flexibility index (Phi) is 2.34. The van der Waals surface area contributed by atoms with Crippen LogP contribution in [0.5, 0.6) is 0 Å². The first-order valence-corrected chi connectivity index (χ1v) is 5.17. The number of rotatable bonds is 1. The van der Waals surface area contributed by atoms with Crippen LogP contribution in [0, 0.1) is 0 Å². The van der Waals surface area contributed by atoms with Gasteiger partial charge in [0, 0.05) is 25.7 Å². The molecule has 0 radical (unpaired) electrons. The van der Waals surface area contributed by atoms with Crippen LogP contribution in [-0.2, 0) is 4.74 Å². The summed E-state index contributed by atoms with van der Waals surface area (Å²) in [5.41, 5.74) is 0.348. The second kappa shape index (κ2) is 3.23. The zero-order valence-electron chi connectivity index (χ0n) is 8.92. The van der Waals surface area contributed by atoms with Crippen molar-refractivity contribution in [1.82, 2.24) is 9.80 Å². The van der Waals surface area contributed by atoms with Crippen molar-refractivity contribution in [2.45, 2.75) is 25.4 Å². The monoisotopic (exact) mass is 184 g/mol. The van der Waals surface area contributed by atoms with Gasteiger partial charge in [0.15, 0.2) is 0 Å². The van der Waals surface area contributed by atoms with Crippen LogP contribution in [0.3, 0.4) is 0 Å². The zero-order chi connectivity index (χ0) is 9.47. The molecule has 2 aliphatic heterocycles. The molecule has 3 heteroatoms. The summed E-state index contributed by atoms with van der Waals surface area (Å²) >= 11 is 0. The Morgan fingerprint density at radius 3 is 2.38 bits per heavy atom. The first kappa shape index (κ1) is 9.44.